The molecule has 7 heteroatoms. The Morgan fingerprint density at radius 3 is 2.48 bits per heavy atom. The molecule has 0 unspecified atom stereocenters. The van der Waals surface area contributed by atoms with Gasteiger partial charge in [-0.1, -0.05) is 29.4 Å². The molecule has 1 N–H and O–H groups in total. The van der Waals surface area contributed by atoms with Crippen LogP contribution in [0.1, 0.15) is 10.4 Å². The molecule has 0 aliphatic heterocycles. The summed E-state index contributed by atoms with van der Waals surface area (Å²) in [5.74, 6) is 1.34. The van der Waals surface area contributed by atoms with Gasteiger partial charge in [-0.05, 0) is 71.1 Å². The van der Waals surface area contributed by atoms with Crippen molar-refractivity contribution < 1.29 is 14.1 Å². The predicted molar refractivity (Wildman–Crippen MR) is 119 cm³/mol. The lowest BCUT2D eigenvalue weighted by Gasteiger charge is -2.09. The number of hydrogen-bond donors (Lipinski definition) is 1. The lowest BCUT2D eigenvalue weighted by Crippen LogP contribution is -2.14. The molecule has 0 fully saturated rings. The summed E-state index contributed by atoms with van der Waals surface area (Å²) < 4.78 is 11.5. The van der Waals surface area contributed by atoms with E-state index in [1.807, 2.05) is 60.7 Å². The number of para-hydroxylation sites is 1. The fourth-order valence-electron chi connectivity index (χ4n) is 2.80. The molecule has 0 aliphatic carbocycles. The van der Waals surface area contributed by atoms with Crippen molar-refractivity contribution in [3.8, 4) is 28.6 Å². The van der Waals surface area contributed by atoms with Crippen LogP contribution in [-0.4, -0.2) is 23.2 Å². The maximum absolute atomic E-state index is 12.7. The summed E-state index contributed by atoms with van der Waals surface area (Å²) in [7, 11) is 1.61. The molecule has 3 aromatic carbocycles. The van der Waals surface area contributed by atoms with E-state index < -0.39 is 0 Å². The molecule has 29 heavy (non-hydrogen) atoms. The van der Waals surface area contributed by atoms with Gasteiger partial charge in [0.1, 0.15) is 5.75 Å². The minimum absolute atomic E-state index is 0.197. The molecule has 6 nitrogen and oxygen atoms in total. The number of methoxy groups -OCH3 is 1. The average molecular weight is 497 g/mol. The zero-order chi connectivity index (χ0) is 20.2. The summed E-state index contributed by atoms with van der Waals surface area (Å²) in [6.45, 7) is 0. The van der Waals surface area contributed by atoms with Crippen LogP contribution in [0.15, 0.2) is 77.3 Å². The van der Waals surface area contributed by atoms with Crippen LogP contribution in [0.25, 0.3) is 22.8 Å². The first-order valence-corrected chi connectivity index (χ1v) is 9.87. The molecule has 0 atom stereocenters. The molecule has 0 radical (unpaired) electrons. The number of nitrogens with one attached hydrogen (secondary N) is 1. The van der Waals surface area contributed by atoms with Gasteiger partial charge in [-0.3, -0.25) is 4.79 Å². The number of nitrogens with zero attached hydrogens (tertiary/aromatic N) is 2. The van der Waals surface area contributed by atoms with Gasteiger partial charge in [0.05, 0.1) is 23.9 Å². The van der Waals surface area contributed by atoms with Crippen LogP contribution < -0.4 is 10.1 Å². The molecule has 1 aromatic heterocycles. The van der Waals surface area contributed by atoms with Crippen molar-refractivity contribution in [3.05, 3.63) is 81.9 Å². The standard InChI is InChI=1S/C22H16IN3O3/c1-28-15-12-10-14(11-13-15)20-25-22(29-26-20)17-7-3-5-9-19(17)24-21(27)16-6-2-4-8-18(16)23/h2-13H,1H3,(H,24,27). The zero-order valence-corrected chi connectivity index (χ0v) is 17.6. The van der Waals surface area contributed by atoms with Gasteiger partial charge < -0.3 is 14.6 Å². The second-order valence-electron chi connectivity index (χ2n) is 6.13. The SMILES string of the molecule is COc1ccc(-c2noc(-c3ccccc3NC(=O)c3ccccc3I)n2)cc1. The van der Waals surface area contributed by atoms with Crippen molar-refractivity contribution in [2.24, 2.45) is 0 Å². The number of benzene rings is 3. The van der Waals surface area contributed by atoms with Crippen molar-refractivity contribution in [2.75, 3.05) is 12.4 Å². The van der Waals surface area contributed by atoms with Gasteiger partial charge in [-0.15, -0.1) is 0 Å². The third-order valence-corrected chi connectivity index (χ3v) is 5.24. The largest absolute Gasteiger partial charge is 0.497 e. The first kappa shape index (κ1) is 19.1. The monoisotopic (exact) mass is 497 g/mol. The molecule has 1 heterocycles. The number of carbonyl (C=O) groups excluding carboxylic acids is 1. The van der Waals surface area contributed by atoms with E-state index in [2.05, 4.69) is 38.0 Å². The highest BCUT2D eigenvalue weighted by molar-refractivity contribution is 14.1. The lowest BCUT2D eigenvalue weighted by molar-refractivity contribution is 0.102. The van der Waals surface area contributed by atoms with Gasteiger partial charge >= 0.3 is 0 Å². The Labute approximate surface area is 181 Å². The zero-order valence-electron chi connectivity index (χ0n) is 15.4. The normalized spacial score (nSPS) is 10.6. The summed E-state index contributed by atoms with van der Waals surface area (Å²) in [5.41, 5.74) is 2.66. The van der Waals surface area contributed by atoms with E-state index in [1.165, 1.54) is 0 Å². The van der Waals surface area contributed by atoms with Gasteiger partial charge in [0.25, 0.3) is 11.8 Å². The van der Waals surface area contributed by atoms with Gasteiger partial charge in [0.15, 0.2) is 0 Å². The number of hydrogen-bond acceptors (Lipinski definition) is 5. The average Bonchev–Trinajstić information content (AvgIpc) is 3.24. The van der Waals surface area contributed by atoms with Crippen molar-refractivity contribution in [1.82, 2.24) is 10.1 Å². The molecule has 0 saturated carbocycles. The second kappa shape index (κ2) is 8.44. The summed E-state index contributed by atoms with van der Waals surface area (Å²) in [5, 5.41) is 7.01. The number of aromatic nitrogens is 2. The Balaban J connectivity index is 1.62. The lowest BCUT2D eigenvalue weighted by atomic mass is 10.1. The number of ether oxygens (including phenoxy) is 1. The Bertz CT molecular complexity index is 1160. The van der Waals surface area contributed by atoms with Crippen molar-refractivity contribution in [3.63, 3.8) is 0 Å². The Kier molecular flexibility index (Phi) is 5.57. The fourth-order valence-corrected chi connectivity index (χ4v) is 3.44. The molecule has 4 aromatic rings. The second-order valence-corrected chi connectivity index (χ2v) is 7.29. The maximum atomic E-state index is 12.7. The first-order chi connectivity index (χ1) is 14.2. The van der Waals surface area contributed by atoms with Gasteiger partial charge in [-0.25, -0.2) is 0 Å². The van der Waals surface area contributed by atoms with Crippen LogP contribution >= 0.6 is 22.6 Å². The first-order valence-electron chi connectivity index (χ1n) is 8.79. The van der Waals surface area contributed by atoms with Gasteiger partial charge in [-0.2, -0.15) is 4.98 Å². The van der Waals surface area contributed by atoms with Crippen LogP contribution in [0.5, 0.6) is 5.75 Å². The molecule has 0 spiro atoms. The van der Waals surface area contributed by atoms with Gasteiger partial charge in [0, 0.05) is 9.13 Å². The van der Waals surface area contributed by atoms with Crippen LogP contribution in [0.3, 0.4) is 0 Å². The number of halogens is 1. The van der Waals surface area contributed by atoms with Crippen LogP contribution in [0, 0.1) is 3.57 Å². The van der Waals surface area contributed by atoms with E-state index >= 15 is 0 Å². The molecule has 0 saturated heterocycles. The van der Waals surface area contributed by atoms with E-state index in [0.717, 1.165) is 14.9 Å². The highest BCUT2D eigenvalue weighted by atomic mass is 127. The van der Waals surface area contributed by atoms with E-state index in [-0.39, 0.29) is 5.91 Å². The van der Waals surface area contributed by atoms with E-state index in [4.69, 9.17) is 9.26 Å². The van der Waals surface area contributed by atoms with Crippen molar-refractivity contribution in [2.45, 2.75) is 0 Å². The molecule has 0 bridgehead atoms. The number of carbonyl (C=O) groups is 1. The minimum atomic E-state index is -0.197. The predicted octanol–water partition coefficient (Wildman–Crippen LogP) is 5.27. The number of amides is 1. The van der Waals surface area contributed by atoms with E-state index in [9.17, 15) is 4.79 Å². The van der Waals surface area contributed by atoms with Crippen LogP contribution in [0.4, 0.5) is 5.69 Å². The highest BCUT2D eigenvalue weighted by Crippen LogP contribution is 2.29. The molecule has 144 valence electrons. The maximum Gasteiger partial charge on any atom is 0.260 e. The third-order valence-electron chi connectivity index (χ3n) is 4.30. The summed E-state index contributed by atoms with van der Waals surface area (Å²) in [4.78, 5) is 17.2. The van der Waals surface area contributed by atoms with E-state index in [0.29, 0.717) is 28.5 Å². The number of rotatable bonds is 5. The number of anilines is 1. The van der Waals surface area contributed by atoms with Crippen molar-refractivity contribution in [1.29, 1.82) is 0 Å². The molecule has 4 rings (SSSR count). The summed E-state index contributed by atoms with van der Waals surface area (Å²) in [6.07, 6.45) is 0. The minimum Gasteiger partial charge on any atom is -0.497 e. The molecule has 1 amide bonds. The third kappa shape index (κ3) is 4.14. The van der Waals surface area contributed by atoms with Gasteiger partial charge in [0.2, 0.25) is 5.82 Å². The molecular formula is C22H16IN3O3. The summed E-state index contributed by atoms with van der Waals surface area (Å²) in [6, 6.07) is 22.1. The molecule has 0 aliphatic rings. The summed E-state index contributed by atoms with van der Waals surface area (Å²) >= 11 is 2.14. The van der Waals surface area contributed by atoms with Crippen LogP contribution in [-0.2, 0) is 0 Å². The fraction of sp³-hybridized carbons (Fsp3) is 0.0455. The van der Waals surface area contributed by atoms with Crippen LogP contribution in [0.2, 0.25) is 0 Å². The topological polar surface area (TPSA) is 77.3 Å². The Hall–Kier alpha value is -3.20. The highest BCUT2D eigenvalue weighted by Gasteiger charge is 2.17. The quantitative estimate of drug-likeness (QED) is 0.381. The molecular weight excluding hydrogens is 481 g/mol. The van der Waals surface area contributed by atoms with Crippen molar-refractivity contribution >= 4 is 34.2 Å². The smallest absolute Gasteiger partial charge is 0.260 e. The van der Waals surface area contributed by atoms with E-state index in [1.54, 1.807) is 19.2 Å². The Morgan fingerprint density at radius 1 is 1.00 bits per heavy atom. The Morgan fingerprint density at radius 2 is 1.72 bits per heavy atom.